The number of hydrogen-bond acceptors (Lipinski definition) is 6. The van der Waals surface area contributed by atoms with E-state index >= 15 is 0 Å². The fourth-order valence-corrected chi connectivity index (χ4v) is 2.81. The first kappa shape index (κ1) is 22.6. The standard InChI is InChI=1S/C26H24O6/c1-3-18-30-22-11-7-20(8-12-22)26(28)32-24-15-13-23(14-16-24)31-25(27)17-6-19-4-9-21(29-2)10-5-19/h3-5,7-16H,1,6,17-18H2,2H3. The Balaban J connectivity index is 1.47. The summed E-state index contributed by atoms with van der Waals surface area (Å²) >= 11 is 0. The van der Waals surface area contributed by atoms with Gasteiger partial charge in [-0.25, -0.2) is 4.79 Å². The predicted molar refractivity (Wildman–Crippen MR) is 120 cm³/mol. The molecule has 0 saturated carbocycles. The van der Waals surface area contributed by atoms with Gasteiger partial charge in [0.25, 0.3) is 0 Å². The minimum atomic E-state index is -0.496. The van der Waals surface area contributed by atoms with E-state index < -0.39 is 5.97 Å². The molecule has 3 aromatic rings. The van der Waals surface area contributed by atoms with Crippen LogP contribution in [0.1, 0.15) is 22.3 Å². The van der Waals surface area contributed by atoms with Crippen molar-refractivity contribution in [3.8, 4) is 23.0 Å². The maximum Gasteiger partial charge on any atom is 0.343 e. The number of ether oxygens (including phenoxy) is 4. The molecule has 0 heterocycles. The summed E-state index contributed by atoms with van der Waals surface area (Å²) < 4.78 is 21.2. The van der Waals surface area contributed by atoms with E-state index in [9.17, 15) is 9.59 Å². The molecule has 0 aliphatic carbocycles. The van der Waals surface area contributed by atoms with Gasteiger partial charge in [-0.1, -0.05) is 24.8 Å². The second-order valence-electron chi connectivity index (χ2n) is 6.81. The summed E-state index contributed by atoms with van der Waals surface area (Å²) in [6.45, 7) is 3.98. The Labute approximate surface area is 187 Å². The summed E-state index contributed by atoms with van der Waals surface area (Å²) in [5, 5.41) is 0. The molecule has 0 aliphatic heterocycles. The lowest BCUT2D eigenvalue weighted by Crippen LogP contribution is -2.10. The van der Waals surface area contributed by atoms with E-state index in [2.05, 4.69) is 6.58 Å². The molecule has 0 amide bonds. The van der Waals surface area contributed by atoms with Gasteiger partial charge < -0.3 is 18.9 Å². The highest BCUT2D eigenvalue weighted by Crippen LogP contribution is 2.20. The number of methoxy groups -OCH3 is 1. The smallest absolute Gasteiger partial charge is 0.343 e. The second-order valence-corrected chi connectivity index (χ2v) is 6.81. The number of carbonyl (C=O) groups is 2. The average molecular weight is 432 g/mol. The molecular formula is C26H24O6. The molecule has 6 heteroatoms. The van der Waals surface area contributed by atoms with Gasteiger partial charge in [0.15, 0.2) is 0 Å². The molecule has 6 nitrogen and oxygen atoms in total. The first-order valence-electron chi connectivity index (χ1n) is 10.1. The molecule has 164 valence electrons. The first-order valence-corrected chi connectivity index (χ1v) is 10.1. The van der Waals surface area contributed by atoms with Gasteiger partial charge >= 0.3 is 11.9 Å². The third kappa shape index (κ3) is 6.74. The maximum absolute atomic E-state index is 12.3. The Hall–Kier alpha value is -4.06. The van der Waals surface area contributed by atoms with Gasteiger partial charge in [-0.2, -0.15) is 0 Å². The molecule has 0 saturated heterocycles. The summed E-state index contributed by atoms with van der Waals surface area (Å²) in [4.78, 5) is 24.4. The first-order chi connectivity index (χ1) is 15.6. The molecule has 0 fully saturated rings. The van der Waals surface area contributed by atoms with E-state index in [1.54, 1.807) is 61.7 Å². The van der Waals surface area contributed by atoms with E-state index in [0.29, 0.717) is 35.8 Å². The molecule has 0 radical (unpaired) electrons. The van der Waals surface area contributed by atoms with Crippen LogP contribution in [-0.4, -0.2) is 25.7 Å². The number of rotatable bonds is 10. The van der Waals surface area contributed by atoms with Crippen LogP contribution >= 0.6 is 0 Å². The predicted octanol–water partition coefficient (Wildman–Crippen LogP) is 5.02. The largest absolute Gasteiger partial charge is 0.497 e. The van der Waals surface area contributed by atoms with Crippen molar-refractivity contribution in [2.75, 3.05) is 13.7 Å². The molecule has 32 heavy (non-hydrogen) atoms. The van der Waals surface area contributed by atoms with E-state index in [1.807, 2.05) is 24.3 Å². The van der Waals surface area contributed by atoms with Gasteiger partial charge in [0.1, 0.15) is 29.6 Å². The van der Waals surface area contributed by atoms with Crippen LogP contribution in [0.3, 0.4) is 0 Å². The number of benzene rings is 3. The van der Waals surface area contributed by atoms with E-state index in [-0.39, 0.29) is 12.4 Å². The monoisotopic (exact) mass is 432 g/mol. The molecule has 0 aromatic heterocycles. The quantitative estimate of drug-likeness (QED) is 0.255. The van der Waals surface area contributed by atoms with Gasteiger partial charge in [0, 0.05) is 6.42 Å². The Bertz CT molecular complexity index is 1040. The zero-order chi connectivity index (χ0) is 22.8. The molecule has 0 N–H and O–H groups in total. The number of hydrogen-bond donors (Lipinski definition) is 0. The number of aryl methyl sites for hydroxylation is 1. The van der Waals surface area contributed by atoms with Gasteiger partial charge in [0.2, 0.25) is 0 Å². The highest BCUT2D eigenvalue weighted by atomic mass is 16.5. The Kier molecular flexibility index (Phi) is 8.03. The fourth-order valence-electron chi connectivity index (χ4n) is 2.81. The molecule has 0 spiro atoms. The van der Waals surface area contributed by atoms with Crippen LogP contribution in [0.2, 0.25) is 0 Å². The average Bonchev–Trinajstić information content (AvgIpc) is 2.83. The zero-order valence-corrected chi connectivity index (χ0v) is 17.8. The summed E-state index contributed by atoms with van der Waals surface area (Å²) in [5.41, 5.74) is 1.41. The zero-order valence-electron chi connectivity index (χ0n) is 17.8. The van der Waals surface area contributed by atoms with Gasteiger partial charge in [-0.05, 0) is 72.6 Å². The molecular weight excluding hydrogens is 408 g/mol. The van der Waals surface area contributed by atoms with E-state index in [0.717, 1.165) is 11.3 Å². The Morgan fingerprint density at radius 1 is 0.781 bits per heavy atom. The lowest BCUT2D eigenvalue weighted by atomic mass is 10.1. The Morgan fingerprint density at radius 3 is 1.94 bits per heavy atom. The van der Waals surface area contributed by atoms with Crippen LogP contribution in [0.25, 0.3) is 0 Å². The van der Waals surface area contributed by atoms with Crippen LogP contribution in [0.5, 0.6) is 23.0 Å². The van der Waals surface area contributed by atoms with Crippen LogP contribution in [0.4, 0.5) is 0 Å². The van der Waals surface area contributed by atoms with Crippen molar-refractivity contribution in [2.45, 2.75) is 12.8 Å². The van der Waals surface area contributed by atoms with E-state index in [4.69, 9.17) is 18.9 Å². The SMILES string of the molecule is C=CCOc1ccc(C(=O)Oc2ccc(OC(=O)CCc3ccc(OC)cc3)cc2)cc1. The lowest BCUT2D eigenvalue weighted by Gasteiger charge is -2.08. The van der Waals surface area contributed by atoms with Crippen LogP contribution < -0.4 is 18.9 Å². The minimum Gasteiger partial charge on any atom is -0.497 e. The number of carbonyl (C=O) groups excluding carboxylic acids is 2. The third-order valence-corrected chi connectivity index (χ3v) is 4.50. The van der Waals surface area contributed by atoms with Crippen molar-refractivity contribution in [3.05, 3.63) is 96.6 Å². The molecule has 0 bridgehead atoms. The van der Waals surface area contributed by atoms with Gasteiger partial charge in [-0.15, -0.1) is 0 Å². The van der Waals surface area contributed by atoms with Crippen molar-refractivity contribution in [2.24, 2.45) is 0 Å². The van der Waals surface area contributed by atoms with Crippen LogP contribution in [0.15, 0.2) is 85.5 Å². The van der Waals surface area contributed by atoms with Crippen molar-refractivity contribution < 1.29 is 28.5 Å². The minimum absolute atomic E-state index is 0.246. The Morgan fingerprint density at radius 2 is 1.34 bits per heavy atom. The lowest BCUT2D eigenvalue weighted by molar-refractivity contribution is -0.134. The normalized spacial score (nSPS) is 10.2. The summed E-state index contributed by atoms with van der Waals surface area (Å²) in [6.07, 6.45) is 2.45. The molecule has 0 unspecified atom stereocenters. The molecule has 3 aromatic carbocycles. The molecule has 0 atom stereocenters. The summed E-state index contributed by atoms with van der Waals surface area (Å²) in [6, 6.07) is 20.5. The van der Waals surface area contributed by atoms with Gasteiger partial charge in [0.05, 0.1) is 12.7 Å². The van der Waals surface area contributed by atoms with E-state index in [1.165, 1.54) is 0 Å². The highest BCUT2D eigenvalue weighted by Gasteiger charge is 2.10. The van der Waals surface area contributed by atoms with Crippen molar-refractivity contribution >= 4 is 11.9 Å². The van der Waals surface area contributed by atoms with Crippen LogP contribution in [0, 0.1) is 0 Å². The highest BCUT2D eigenvalue weighted by molar-refractivity contribution is 5.91. The fraction of sp³-hybridized carbons (Fsp3) is 0.154. The maximum atomic E-state index is 12.3. The molecule has 3 rings (SSSR count). The number of esters is 2. The van der Waals surface area contributed by atoms with Crippen molar-refractivity contribution in [1.82, 2.24) is 0 Å². The molecule has 0 aliphatic rings. The summed E-state index contributed by atoms with van der Waals surface area (Å²) in [5.74, 6) is 1.30. The van der Waals surface area contributed by atoms with Crippen LogP contribution in [-0.2, 0) is 11.2 Å². The summed E-state index contributed by atoms with van der Waals surface area (Å²) in [7, 11) is 1.61. The van der Waals surface area contributed by atoms with Crippen molar-refractivity contribution in [3.63, 3.8) is 0 Å². The van der Waals surface area contributed by atoms with Gasteiger partial charge in [-0.3, -0.25) is 4.79 Å². The third-order valence-electron chi connectivity index (χ3n) is 4.50. The van der Waals surface area contributed by atoms with Crippen molar-refractivity contribution in [1.29, 1.82) is 0 Å². The topological polar surface area (TPSA) is 71.1 Å². The second kappa shape index (κ2) is 11.4.